The molecule has 1 aliphatic rings. The zero-order valence-corrected chi connectivity index (χ0v) is 9.93. The van der Waals surface area contributed by atoms with E-state index in [1.807, 2.05) is 19.1 Å². The normalized spacial score (nSPS) is 25.0. The third kappa shape index (κ3) is 2.00. The van der Waals surface area contributed by atoms with Gasteiger partial charge in [0.25, 0.3) is 0 Å². The zero-order valence-electron chi connectivity index (χ0n) is 9.93. The van der Waals surface area contributed by atoms with Crippen molar-refractivity contribution in [2.24, 2.45) is 5.92 Å². The van der Waals surface area contributed by atoms with Gasteiger partial charge in [0, 0.05) is 0 Å². The largest absolute Gasteiger partial charge is 0.493 e. The van der Waals surface area contributed by atoms with E-state index in [1.54, 1.807) is 14.2 Å². The molecule has 1 aromatic rings. The standard InChI is InChI=1S/C13H18O3/c1-8(14)10-7-11(10)9-4-5-12(15-2)13(6-9)16-3/h4-6,8,10-11,14H,7H2,1-3H3/t8-,10-,11+/m1/s1. The molecule has 0 bridgehead atoms. The Kier molecular flexibility index (Phi) is 3.06. The summed E-state index contributed by atoms with van der Waals surface area (Å²) in [5, 5.41) is 9.50. The van der Waals surface area contributed by atoms with Gasteiger partial charge in [0.15, 0.2) is 11.5 Å². The summed E-state index contributed by atoms with van der Waals surface area (Å²) < 4.78 is 10.5. The van der Waals surface area contributed by atoms with Gasteiger partial charge in [-0.2, -0.15) is 0 Å². The Morgan fingerprint density at radius 3 is 2.44 bits per heavy atom. The van der Waals surface area contributed by atoms with Crippen molar-refractivity contribution in [1.82, 2.24) is 0 Å². The minimum absolute atomic E-state index is 0.224. The number of ether oxygens (including phenoxy) is 2. The van der Waals surface area contributed by atoms with Crippen LogP contribution in [-0.2, 0) is 0 Å². The molecule has 3 atom stereocenters. The lowest BCUT2D eigenvalue weighted by Crippen LogP contribution is -2.03. The van der Waals surface area contributed by atoms with Crippen LogP contribution in [0.25, 0.3) is 0 Å². The summed E-state index contributed by atoms with van der Waals surface area (Å²) in [6.07, 6.45) is 0.839. The number of hydrogen-bond donors (Lipinski definition) is 1. The van der Waals surface area contributed by atoms with Crippen LogP contribution in [0.4, 0.5) is 0 Å². The number of rotatable bonds is 4. The van der Waals surface area contributed by atoms with Crippen LogP contribution in [-0.4, -0.2) is 25.4 Å². The summed E-state index contributed by atoms with van der Waals surface area (Å²) >= 11 is 0. The number of benzene rings is 1. The second kappa shape index (κ2) is 4.34. The number of aliphatic hydroxyl groups excluding tert-OH is 1. The first-order valence-electron chi connectivity index (χ1n) is 5.57. The average molecular weight is 222 g/mol. The van der Waals surface area contributed by atoms with Crippen molar-refractivity contribution in [2.75, 3.05) is 14.2 Å². The maximum atomic E-state index is 9.50. The van der Waals surface area contributed by atoms with Crippen molar-refractivity contribution in [1.29, 1.82) is 0 Å². The first-order chi connectivity index (χ1) is 7.67. The van der Waals surface area contributed by atoms with E-state index >= 15 is 0 Å². The van der Waals surface area contributed by atoms with Gasteiger partial charge >= 0.3 is 0 Å². The molecular weight excluding hydrogens is 204 g/mol. The lowest BCUT2D eigenvalue weighted by atomic mass is 10.1. The topological polar surface area (TPSA) is 38.7 Å². The van der Waals surface area contributed by atoms with Gasteiger partial charge in [-0.05, 0) is 42.9 Å². The first kappa shape index (κ1) is 11.3. The maximum Gasteiger partial charge on any atom is 0.160 e. The number of methoxy groups -OCH3 is 2. The second-order valence-corrected chi connectivity index (χ2v) is 4.36. The van der Waals surface area contributed by atoms with Crippen molar-refractivity contribution in [3.05, 3.63) is 23.8 Å². The summed E-state index contributed by atoms with van der Waals surface area (Å²) in [6.45, 7) is 1.85. The van der Waals surface area contributed by atoms with Crippen LogP contribution in [0.3, 0.4) is 0 Å². The van der Waals surface area contributed by atoms with Crippen molar-refractivity contribution in [3.8, 4) is 11.5 Å². The molecule has 3 nitrogen and oxygen atoms in total. The van der Waals surface area contributed by atoms with Gasteiger partial charge in [-0.25, -0.2) is 0 Å². The molecule has 0 aromatic heterocycles. The molecule has 16 heavy (non-hydrogen) atoms. The van der Waals surface area contributed by atoms with Gasteiger partial charge in [0.05, 0.1) is 20.3 Å². The van der Waals surface area contributed by atoms with Crippen molar-refractivity contribution >= 4 is 0 Å². The Labute approximate surface area is 96.0 Å². The summed E-state index contributed by atoms with van der Waals surface area (Å²) in [5.41, 5.74) is 1.23. The molecule has 88 valence electrons. The molecular formula is C13H18O3. The van der Waals surface area contributed by atoms with Crippen LogP contribution >= 0.6 is 0 Å². The van der Waals surface area contributed by atoms with E-state index in [2.05, 4.69) is 6.07 Å². The fourth-order valence-corrected chi connectivity index (χ4v) is 2.21. The highest BCUT2D eigenvalue weighted by molar-refractivity contribution is 5.45. The first-order valence-corrected chi connectivity index (χ1v) is 5.57. The van der Waals surface area contributed by atoms with Crippen LogP contribution in [0.5, 0.6) is 11.5 Å². The smallest absolute Gasteiger partial charge is 0.160 e. The lowest BCUT2D eigenvalue weighted by molar-refractivity contribution is 0.169. The number of hydrogen-bond acceptors (Lipinski definition) is 3. The van der Waals surface area contributed by atoms with Gasteiger partial charge in [-0.15, -0.1) is 0 Å². The molecule has 0 heterocycles. The Morgan fingerprint density at radius 1 is 1.25 bits per heavy atom. The van der Waals surface area contributed by atoms with E-state index in [-0.39, 0.29) is 6.10 Å². The van der Waals surface area contributed by atoms with Gasteiger partial charge in [-0.3, -0.25) is 0 Å². The average Bonchev–Trinajstić information content (AvgIpc) is 3.08. The molecule has 0 aliphatic heterocycles. The highest BCUT2D eigenvalue weighted by Gasteiger charge is 2.41. The van der Waals surface area contributed by atoms with E-state index in [4.69, 9.17) is 9.47 Å². The van der Waals surface area contributed by atoms with Crippen LogP contribution in [0, 0.1) is 5.92 Å². The quantitative estimate of drug-likeness (QED) is 0.848. The Hall–Kier alpha value is -1.22. The van der Waals surface area contributed by atoms with Gasteiger partial charge in [-0.1, -0.05) is 6.07 Å². The highest BCUT2D eigenvalue weighted by Crippen LogP contribution is 2.50. The van der Waals surface area contributed by atoms with Crippen LogP contribution in [0.1, 0.15) is 24.8 Å². The fraction of sp³-hybridized carbons (Fsp3) is 0.538. The SMILES string of the molecule is COc1ccc([C@@H]2C[C@@H]2[C@@H](C)O)cc1OC. The summed E-state index contributed by atoms with van der Waals surface area (Å²) in [4.78, 5) is 0. The van der Waals surface area contributed by atoms with E-state index in [0.717, 1.165) is 17.9 Å². The molecule has 0 amide bonds. The van der Waals surface area contributed by atoms with Crippen molar-refractivity contribution < 1.29 is 14.6 Å². The van der Waals surface area contributed by atoms with Crippen LogP contribution in [0.2, 0.25) is 0 Å². The van der Waals surface area contributed by atoms with Crippen molar-refractivity contribution in [2.45, 2.75) is 25.4 Å². The lowest BCUT2D eigenvalue weighted by Gasteiger charge is -2.09. The molecule has 1 saturated carbocycles. The second-order valence-electron chi connectivity index (χ2n) is 4.36. The Bertz CT molecular complexity index is 373. The van der Waals surface area contributed by atoms with E-state index in [0.29, 0.717) is 11.8 Å². The molecule has 1 N–H and O–H groups in total. The third-order valence-electron chi connectivity index (χ3n) is 3.30. The van der Waals surface area contributed by atoms with E-state index in [9.17, 15) is 5.11 Å². The van der Waals surface area contributed by atoms with Gasteiger partial charge in [0.2, 0.25) is 0 Å². The molecule has 1 aromatic carbocycles. The predicted octanol–water partition coefficient (Wildman–Crippen LogP) is 2.19. The molecule has 1 aliphatic carbocycles. The summed E-state index contributed by atoms with van der Waals surface area (Å²) in [6, 6.07) is 5.98. The molecule has 0 unspecified atom stereocenters. The molecule has 2 rings (SSSR count). The summed E-state index contributed by atoms with van der Waals surface area (Å²) in [5.74, 6) is 2.38. The third-order valence-corrected chi connectivity index (χ3v) is 3.30. The monoisotopic (exact) mass is 222 g/mol. The minimum atomic E-state index is -0.224. The van der Waals surface area contributed by atoms with E-state index in [1.165, 1.54) is 5.56 Å². The molecule has 1 fully saturated rings. The maximum absolute atomic E-state index is 9.50. The van der Waals surface area contributed by atoms with Crippen molar-refractivity contribution in [3.63, 3.8) is 0 Å². The van der Waals surface area contributed by atoms with Crippen LogP contribution in [0.15, 0.2) is 18.2 Å². The zero-order chi connectivity index (χ0) is 11.7. The highest BCUT2D eigenvalue weighted by atomic mass is 16.5. The molecule has 3 heteroatoms. The van der Waals surface area contributed by atoms with E-state index < -0.39 is 0 Å². The Morgan fingerprint density at radius 2 is 1.94 bits per heavy atom. The molecule has 0 saturated heterocycles. The molecule has 0 spiro atoms. The predicted molar refractivity (Wildman–Crippen MR) is 62.1 cm³/mol. The summed E-state index contributed by atoms with van der Waals surface area (Å²) in [7, 11) is 3.27. The fourth-order valence-electron chi connectivity index (χ4n) is 2.21. The Balaban J connectivity index is 2.18. The number of aliphatic hydroxyl groups is 1. The van der Waals surface area contributed by atoms with Crippen LogP contribution < -0.4 is 9.47 Å². The minimum Gasteiger partial charge on any atom is -0.493 e. The molecule has 0 radical (unpaired) electrons. The van der Waals surface area contributed by atoms with Gasteiger partial charge in [0.1, 0.15) is 0 Å². The van der Waals surface area contributed by atoms with Gasteiger partial charge < -0.3 is 14.6 Å².